The Morgan fingerprint density at radius 1 is 1.12 bits per heavy atom. The second-order valence-electron chi connectivity index (χ2n) is 6.20. The minimum atomic E-state index is -0.107. The number of hydrogen-bond donors (Lipinski definition) is 3. The summed E-state index contributed by atoms with van der Waals surface area (Å²) < 4.78 is 5.21. The number of aromatic amines is 2. The number of rotatable bonds is 6. The molecule has 4 aromatic rings. The smallest absolute Gasteiger partial charge is 0.267 e. The van der Waals surface area contributed by atoms with E-state index in [-0.39, 0.29) is 5.91 Å². The Labute approximate surface area is 150 Å². The van der Waals surface area contributed by atoms with E-state index in [4.69, 9.17) is 4.74 Å². The van der Waals surface area contributed by atoms with Gasteiger partial charge in [0.15, 0.2) is 0 Å². The quantitative estimate of drug-likeness (QED) is 0.467. The summed E-state index contributed by atoms with van der Waals surface area (Å²) in [6.07, 6.45) is 1.61. The highest BCUT2D eigenvalue weighted by Gasteiger charge is 2.10. The molecule has 2 heterocycles. The number of nitrogens with one attached hydrogen (secondary N) is 3. The van der Waals surface area contributed by atoms with Crippen LogP contribution in [-0.2, 0) is 6.42 Å². The molecule has 26 heavy (non-hydrogen) atoms. The van der Waals surface area contributed by atoms with Crippen molar-refractivity contribution in [2.75, 3.05) is 13.7 Å². The second-order valence-corrected chi connectivity index (χ2v) is 6.20. The summed E-state index contributed by atoms with van der Waals surface area (Å²) in [5, 5.41) is 3.93. The van der Waals surface area contributed by atoms with Crippen LogP contribution in [0.25, 0.3) is 21.9 Å². The zero-order valence-electron chi connectivity index (χ0n) is 14.5. The number of H-pyrrole nitrogens is 2. The number of carbonyl (C=O) groups is 1. The fourth-order valence-electron chi connectivity index (χ4n) is 3.03. The Kier molecular flexibility index (Phi) is 4.31. The van der Waals surface area contributed by atoms with Gasteiger partial charge in [-0.25, -0.2) is 4.98 Å². The number of benzene rings is 2. The van der Waals surface area contributed by atoms with Crippen LogP contribution in [0.15, 0.2) is 48.5 Å². The predicted octanol–water partition coefficient (Wildman–Crippen LogP) is 3.42. The lowest BCUT2D eigenvalue weighted by Crippen LogP contribution is -2.25. The van der Waals surface area contributed by atoms with E-state index in [0.29, 0.717) is 12.2 Å². The van der Waals surface area contributed by atoms with Crippen LogP contribution >= 0.6 is 0 Å². The summed E-state index contributed by atoms with van der Waals surface area (Å²) in [5.41, 5.74) is 3.45. The largest absolute Gasteiger partial charge is 0.497 e. The van der Waals surface area contributed by atoms with Crippen LogP contribution in [0.2, 0.25) is 0 Å². The molecule has 6 heteroatoms. The van der Waals surface area contributed by atoms with Gasteiger partial charge in [-0.1, -0.05) is 12.1 Å². The van der Waals surface area contributed by atoms with E-state index in [0.717, 1.165) is 46.4 Å². The van der Waals surface area contributed by atoms with E-state index in [1.165, 1.54) is 0 Å². The van der Waals surface area contributed by atoms with E-state index in [9.17, 15) is 4.79 Å². The summed E-state index contributed by atoms with van der Waals surface area (Å²) in [4.78, 5) is 23.3. The first-order valence-corrected chi connectivity index (χ1v) is 8.61. The Morgan fingerprint density at radius 3 is 2.85 bits per heavy atom. The molecule has 0 aliphatic heterocycles. The number of fused-ring (bicyclic) bond motifs is 2. The molecule has 0 atom stereocenters. The van der Waals surface area contributed by atoms with Gasteiger partial charge < -0.3 is 20.0 Å². The van der Waals surface area contributed by atoms with Crippen molar-refractivity contribution in [3.05, 3.63) is 60.0 Å². The van der Waals surface area contributed by atoms with Crippen molar-refractivity contribution in [2.24, 2.45) is 0 Å². The molecule has 0 unspecified atom stereocenters. The van der Waals surface area contributed by atoms with Crippen LogP contribution in [-0.4, -0.2) is 34.5 Å². The lowest BCUT2D eigenvalue weighted by molar-refractivity contribution is 0.0949. The molecule has 0 aliphatic carbocycles. The monoisotopic (exact) mass is 348 g/mol. The number of imidazole rings is 1. The number of carbonyl (C=O) groups excluding carboxylic acids is 1. The number of aromatic nitrogens is 3. The van der Waals surface area contributed by atoms with Gasteiger partial charge in [0.05, 0.1) is 18.1 Å². The maximum Gasteiger partial charge on any atom is 0.267 e. The van der Waals surface area contributed by atoms with Gasteiger partial charge in [-0.2, -0.15) is 0 Å². The Hall–Kier alpha value is -3.28. The predicted molar refractivity (Wildman–Crippen MR) is 102 cm³/mol. The van der Waals surface area contributed by atoms with Crippen molar-refractivity contribution in [2.45, 2.75) is 12.8 Å². The van der Waals surface area contributed by atoms with Gasteiger partial charge >= 0.3 is 0 Å². The van der Waals surface area contributed by atoms with Crippen molar-refractivity contribution >= 4 is 27.8 Å². The number of aryl methyl sites for hydroxylation is 1. The number of methoxy groups -OCH3 is 1. The van der Waals surface area contributed by atoms with Crippen LogP contribution in [0.4, 0.5) is 0 Å². The molecule has 0 bridgehead atoms. The van der Waals surface area contributed by atoms with Gasteiger partial charge in [0, 0.05) is 29.9 Å². The standard InChI is InChI=1S/C20H20N4O2/c1-26-14-9-8-13-11-18(22-17(13)12-14)20(25)21-10-4-7-19-23-15-5-2-3-6-16(15)24-19/h2-3,5-6,8-9,11-12,22H,4,7,10H2,1H3,(H,21,25)(H,23,24). The molecule has 0 radical (unpaired) electrons. The highest BCUT2D eigenvalue weighted by Crippen LogP contribution is 2.21. The molecular formula is C20H20N4O2. The third kappa shape index (κ3) is 3.26. The SMILES string of the molecule is COc1ccc2cc(C(=O)NCCCc3nc4ccccc4[nH]3)[nH]c2c1. The van der Waals surface area contributed by atoms with Crippen LogP contribution < -0.4 is 10.1 Å². The molecule has 2 aromatic heterocycles. The van der Waals surface area contributed by atoms with Gasteiger partial charge in [-0.3, -0.25) is 4.79 Å². The second kappa shape index (κ2) is 6.92. The topological polar surface area (TPSA) is 82.8 Å². The maximum atomic E-state index is 12.3. The normalized spacial score (nSPS) is 11.1. The first kappa shape index (κ1) is 16.2. The van der Waals surface area contributed by atoms with E-state index in [2.05, 4.69) is 20.3 Å². The van der Waals surface area contributed by atoms with Crippen LogP contribution in [0, 0.1) is 0 Å². The fraction of sp³-hybridized carbons (Fsp3) is 0.200. The molecule has 0 aliphatic rings. The van der Waals surface area contributed by atoms with Crippen LogP contribution in [0.5, 0.6) is 5.75 Å². The van der Waals surface area contributed by atoms with Crippen LogP contribution in [0.1, 0.15) is 22.7 Å². The molecule has 3 N–H and O–H groups in total. The van der Waals surface area contributed by atoms with E-state index in [1.807, 2.05) is 48.5 Å². The van der Waals surface area contributed by atoms with Gasteiger partial charge in [0.1, 0.15) is 17.3 Å². The summed E-state index contributed by atoms with van der Waals surface area (Å²) in [5.74, 6) is 1.60. The number of para-hydroxylation sites is 2. The number of ether oxygens (including phenoxy) is 1. The molecular weight excluding hydrogens is 328 g/mol. The number of hydrogen-bond acceptors (Lipinski definition) is 3. The molecule has 4 rings (SSSR count). The Morgan fingerprint density at radius 2 is 2.00 bits per heavy atom. The molecule has 0 saturated carbocycles. The maximum absolute atomic E-state index is 12.3. The zero-order valence-corrected chi connectivity index (χ0v) is 14.5. The lowest BCUT2D eigenvalue weighted by atomic mass is 10.2. The highest BCUT2D eigenvalue weighted by molar-refractivity contribution is 5.98. The van der Waals surface area contributed by atoms with Gasteiger partial charge in [0.2, 0.25) is 0 Å². The third-order valence-corrected chi connectivity index (χ3v) is 4.39. The number of amides is 1. The number of nitrogens with zero attached hydrogens (tertiary/aromatic N) is 1. The van der Waals surface area contributed by atoms with Crippen LogP contribution in [0.3, 0.4) is 0 Å². The summed E-state index contributed by atoms with van der Waals surface area (Å²) >= 11 is 0. The molecule has 0 fully saturated rings. The lowest BCUT2D eigenvalue weighted by Gasteiger charge is -2.02. The average Bonchev–Trinajstić information content (AvgIpc) is 3.27. The minimum Gasteiger partial charge on any atom is -0.497 e. The first-order valence-electron chi connectivity index (χ1n) is 8.61. The van der Waals surface area contributed by atoms with E-state index >= 15 is 0 Å². The van der Waals surface area contributed by atoms with Crippen molar-refractivity contribution in [3.63, 3.8) is 0 Å². The molecule has 0 spiro atoms. The summed E-state index contributed by atoms with van der Waals surface area (Å²) in [6.45, 7) is 0.592. The van der Waals surface area contributed by atoms with E-state index in [1.54, 1.807) is 7.11 Å². The van der Waals surface area contributed by atoms with Crippen molar-refractivity contribution in [1.82, 2.24) is 20.3 Å². The van der Waals surface area contributed by atoms with Gasteiger partial charge in [-0.05, 0) is 36.8 Å². The molecule has 6 nitrogen and oxygen atoms in total. The fourth-order valence-corrected chi connectivity index (χ4v) is 3.03. The summed E-state index contributed by atoms with van der Waals surface area (Å²) in [6, 6.07) is 15.5. The van der Waals surface area contributed by atoms with Gasteiger partial charge in [0.25, 0.3) is 5.91 Å². The Balaban J connectivity index is 1.33. The zero-order chi connectivity index (χ0) is 17.9. The summed E-state index contributed by atoms with van der Waals surface area (Å²) in [7, 11) is 1.62. The van der Waals surface area contributed by atoms with Gasteiger partial charge in [-0.15, -0.1) is 0 Å². The molecule has 2 aromatic carbocycles. The third-order valence-electron chi connectivity index (χ3n) is 4.39. The van der Waals surface area contributed by atoms with Crippen molar-refractivity contribution in [3.8, 4) is 5.75 Å². The molecule has 1 amide bonds. The van der Waals surface area contributed by atoms with Crippen molar-refractivity contribution in [1.29, 1.82) is 0 Å². The first-order chi connectivity index (χ1) is 12.7. The Bertz CT molecular complexity index is 1030. The minimum absolute atomic E-state index is 0.107. The average molecular weight is 348 g/mol. The molecule has 0 saturated heterocycles. The molecule has 132 valence electrons. The van der Waals surface area contributed by atoms with Crippen molar-refractivity contribution < 1.29 is 9.53 Å². The highest BCUT2D eigenvalue weighted by atomic mass is 16.5. The van der Waals surface area contributed by atoms with E-state index < -0.39 is 0 Å².